The molecule has 0 heterocycles. The van der Waals surface area contributed by atoms with Crippen LogP contribution in [0.1, 0.15) is 106 Å². The summed E-state index contributed by atoms with van der Waals surface area (Å²) in [6.07, 6.45) is 12.2. The van der Waals surface area contributed by atoms with E-state index < -0.39 is 0 Å². The maximum absolute atomic E-state index is 2.57. The summed E-state index contributed by atoms with van der Waals surface area (Å²) in [6.45, 7) is 4.86. The third-order valence-corrected chi connectivity index (χ3v) is 15.0. The van der Waals surface area contributed by atoms with Crippen molar-refractivity contribution < 1.29 is 0 Å². The Morgan fingerprint density at radius 3 is 1.92 bits per heavy atom. The van der Waals surface area contributed by atoms with Gasteiger partial charge in [-0.2, -0.15) is 0 Å². The zero-order valence-electron chi connectivity index (χ0n) is 34.7. The average molecular weight is 766 g/mol. The molecule has 2 bridgehead atoms. The summed E-state index contributed by atoms with van der Waals surface area (Å²) in [6, 6.07) is 62.4. The van der Waals surface area contributed by atoms with E-state index in [-0.39, 0.29) is 5.41 Å². The maximum atomic E-state index is 2.57. The maximum Gasteiger partial charge on any atom is 0.0540 e. The van der Waals surface area contributed by atoms with E-state index >= 15 is 0 Å². The largest absolute Gasteiger partial charge is 0.310 e. The summed E-state index contributed by atoms with van der Waals surface area (Å²) in [4.78, 5) is 2.57. The normalized spacial score (nSPS) is 20.3. The molecule has 0 radical (unpaired) electrons. The monoisotopic (exact) mass is 765 g/mol. The van der Waals surface area contributed by atoms with Gasteiger partial charge in [0.1, 0.15) is 0 Å². The summed E-state index contributed by atoms with van der Waals surface area (Å²) in [7, 11) is 0. The van der Waals surface area contributed by atoms with E-state index in [4.69, 9.17) is 0 Å². The van der Waals surface area contributed by atoms with Crippen molar-refractivity contribution in [1.29, 1.82) is 0 Å². The van der Waals surface area contributed by atoms with Crippen molar-refractivity contribution in [2.24, 2.45) is 11.8 Å². The molecule has 7 aromatic carbocycles. The Bertz CT molecular complexity index is 2640. The fourth-order valence-corrected chi connectivity index (χ4v) is 12.1. The lowest BCUT2D eigenvalue weighted by molar-refractivity contribution is 0.420. The van der Waals surface area contributed by atoms with E-state index in [1.165, 1.54) is 142 Å². The Morgan fingerprint density at radius 1 is 0.475 bits per heavy atom. The molecule has 59 heavy (non-hydrogen) atoms. The molecular weight excluding hydrogens is 711 g/mol. The highest BCUT2D eigenvalue weighted by Crippen LogP contribution is 2.56. The zero-order valence-corrected chi connectivity index (χ0v) is 34.7. The number of nitrogens with zero attached hydrogens (tertiary/aromatic N) is 1. The second-order valence-electron chi connectivity index (χ2n) is 18.6. The Balaban J connectivity index is 1.06. The van der Waals surface area contributed by atoms with E-state index in [2.05, 4.69) is 183 Å². The molecular formula is C58H55N. The standard InChI is InChI=1S/C58H55N/c1-58(2)54-26-15-25-51(49-23-12-10-21-47(49)41-18-7-4-8-19-41)57(54)52-35-34-45(38-55(52)58)59(44-32-30-42(31-33-44)53-37-39-28-29-43(53)36-39)56-27-14-13-24-50(56)48-22-11-9-20-46(48)40-16-5-3-6-17-40/h4,7-15,18-27,30-35,38-40,43,53H,3,5-6,16-17,28-29,36-37H2,1-2H3. The molecule has 0 N–H and O–H groups in total. The van der Waals surface area contributed by atoms with Gasteiger partial charge in [-0.3, -0.25) is 0 Å². The van der Waals surface area contributed by atoms with Gasteiger partial charge >= 0.3 is 0 Å². The lowest BCUT2D eigenvalue weighted by atomic mass is 9.80. The van der Waals surface area contributed by atoms with Gasteiger partial charge in [0.2, 0.25) is 0 Å². The molecule has 4 aliphatic rings. The third-order valence-electron chi connectivity index (χ3n) is 15.0. The van der Waals surface area contributed by atoms with Crippen molar-refractivity contribution in [3.63, 3.8) is 0 Å². The quantitative estimate of drug-likeness (QED) is 0.149. The first-order chi connectivity index (χ1) is 29.0. The summed E-state index contributed by atoms with van der Waals surface area (Å²) in [5.41, 5.74) is 19.9. The van der Waals surface area contributed by atoms with Gasteiger partial charge in [-0.05, 0) is 147 Å². The Kier molecular flexibility index (Phi) is 9.18. The smallest absolute Gasteiger partial charge is 0.0540 e. The Hall–Kier alpha value is -5.66. The number of hydrogen-bond donors (Lipinski definition) is 0. The van der Waals surface area contributed by atoms with Crippen molar-refractivity contribution in [3.8, 4) is 44.5 Å². The first-order valence-corrected chi connectivity index (χ1v) is 22.5. The first-order valence-electron chi connectivity index (χ1n) is 22.5. The minimum atomic E-state index is -0.178. The molecule has 1 heteroatoms. The number of anilines is 3. The van der Waals surface area contributed by atoms with Gasteiger partial charge in [-0.25, -0.2) is 0 Å². The first kappa shape index (κ1) is 36.4. The van der Waals surface area contributed by atoms with E-state index in [1.54, 1.807) is 0 Å². The minimum absolute atomic E-state index is 0.178. The molecule has 0 aromatic heterocycles. The van der Waals surface area contributed by atoms with Crippen molar-refractivity contribution >= 4 is 17.1 Å². The molecule has 3 unspecified atom stereocenters. The van der Waals surface area contributed by atoms with Crippen LogP contribution in [0.5, 0.6) is 0 Å². The van der Waals surface area contributed by atoms with Crippen LogP contribution in [0.3, 0.4) is 0 Å². The fourth-order valence-electron chi connectivity index (χ4n) is 12.1. The molecule has 292 valence electrons. The summed E-state index contributed by atoms with van der Waals surface area (Å²) < 4.78 is 0. The van der Waals surface area contributed by atoms with Crippen molar-refractivity contribution in [2.45, 2.75) is 88.9 Å². The van der Waals surface area contributed by atoms with E-state index in [0.717, 1.165) is 11.8 Å². The topological polar surface area (TPSA) is 3.24 Å². The van der Waals surface area contributed by atoms with Crippen LogP contribution in [0.15, 0.2) is 164 Å². The van der Waals surface area contributed by atoms with Gasteiger partial charge in [0.15, 0.2) is 0 Å². The molecule has 0 spiro atoms. The van der Waals surface area contributed by atoms with Gasteiger partial charge in [0, 0.05) is 22.4 Å². The highest BCUT2D eigenvalue weighted by atomic mass is 15.1. The van der Waals surface area contributed by atoms with Gasteiger partial charge in [0.05, 0.1) is 5.69 Å². The van der Waals surface area contributed by atoms with Gasteiger partial charge in [-0.1, -0.05) is 173 Å². The van der Waals surface area contributed by atoms with Gasteiger partial charge in [0.25, 0.3) is 0 Å². The van der Waals surface area contributed by atoms with Crippen LogP contribution in [0.2, 0.25) is 0 Å². The number of rotatable bonds is 8. The molecule has 3 saturated carbocycles. The van der Waals surface area contributed by atoms with Crippen LogP contribution in [-0.2, 0) is 5.41 Å². The predicted octanol–water partition coefficient (Wildman–Crippen LogP) is 16.4. The van der Waals surface area contributed by atoms with Gasteiger partial charge in [-0.15, -0.1) is 0 Å². The summed E-state index contributed by atoms with van der Waals surface area (Å²) >= 11 is 0. The summed E-state index contributed by atoms with van der Waals surface area (Å²) in [5, 5.41) is 0. The van der Waals surface area contributed by atoms with Crippen molar-refractivity contribution in [2.75, 3.05) is 4.90 Å². The summed E-state index contributed by atoms with van der Waals surface area (Å²) in [5.74, 6) is 3.13. The van der Waals surface area contributed by atoms with Crippen molar-refractivity contribution in [1.82, 2.24) is 0 Å². The number of fused-ring (bicyclic) bond motifs is 5. The van der Waals surface area contributed by atoms with Crippen LogP contribution in [0, 0.1) is 11.8 Å². The molecule has 0 aliphatic heterocycles. The number of hydrogen-bond acceptors (Lipinski definition) is 1. The SMILES string of the molecule is CC1(C)c2cc(N(c3ccc(C4CC5CCC4C5)cc3)c3ccccc3-c3ccccc3C3CCCCC3)ccc2-c2c(-c3ccccc3-c3ccccc3)cccc21. The Morgan fingerprint density at radius 2 is 1.15 bits per heavy atom. The van der Waals surface area contributed by atoms with Crippen LogP contribution >= 0.6 is 0 Å². The highest BCUT2D eigenvalue weighted by molar-refractivity contribution is 5.98. The molecule has 0 saturated heterocycles. The lowest BCUT2D eigenvalue weighted by Crippen LogP contribution is -2.17. The third kappa shape index (κ3) is 6.28. The van der Waals surface area contributed by atoms with Crippen molar-refractivity contribution in [3.05, 3.63) is 186 Å². The number of para-hydroxylation sites is 1. The molecule has 7 aromatic rings. The zero-order chi connectivity index (χ0) is 39.5. The van der Waals surface area contributed by atoms with Crippen LogP contribution in [0.4, 0.5) is 17.1 Å². The fraction of sp³-hybridized carbons (Fsp3) is 0.276. The second kappa shape index (κ2) is 14.9. The average Bonchev–Trinajstić information content (AvgIpc) is 4.00. The molecule has 0 amide bonds. The number of benzene rings is 7. The second-order valence-corrected chi connectivity index (χ2v) is 18.6. The van der Waals surface area contributed by atoms with E-state index in [9.17, 15) is 0 Å². The van der Waals surface area contributed by atoms with E-state index in [1.807, 2.05) is 0 Å². The molecule has 4 aliphatic carbocycles. The molecule has 3 fully saturated rings. The molecule has 1 nitrogen and oxygen atoms in total. The predicted molar refractivity (Wildman–Crippen MR) is 249 cm³/mol. The van der Waals surface area contributed by atoms with Crippen LogP contribution in [0.25, 0.3) is 44.5 Å². The van der Waals surface area contributed by atoms with Crippen LogP contribution in [-0.4, -0.2) is 0 Å². The highest BCUT2D eigenvalue weighted by Gasteiger charge is 2.41. The minimum Gasteiger partial charge on any atom is -0.310 e. The Labute approximate surface area is 351 Å². The molecule has 3 atom stereocenters. The van der Waals surface area contributed by atoms with E-state index in [0.29, 0.717) is 11.8 Å². The van der Waals surface area contributed by atoms with Gasteiger partial charge < -0.3 is 4.90 Å². The van der Waals surface area contributed by atoms with Crippen LogP contribution < -0.4 is 4.90 Å². The lowest BCUT2D eigenvalue weighted by Gasteiger charge is -2.31. The molecule has 11 rings (SSSR count).